The smallest absolute Gasteiger partial charge is 0.0478 e. The first kappa shape index (κ1) is 15.3. The molecule has 2 fully saturated rings. The van der Waals surface area contributed by atoms with Gasteiger partial charge >= 0.3 is 0 Å². The minimum atomic E-state index is 0.696. The third-order valence-electron chi connectivity index (χ3n) is 4.40. The Bertz CT molecular complexity index is 253. The standard InChI is InChI=1S/C16H32N2O/c1-4-19-9-5-8-18-12-15(10-13(2)3)17-11-16(18)14-6-7-14/h13-17H,4-12H2,1-3H3. The largest absolute Gasteiger partial charge is 0.382 e. The van der Waals surface area contributed by atoms with Crippen LogP contribution in [0.1, 0.15) is 46.5 Å². The van der Waals surface area contributed by atoms with E-state index in [9.17, 15) is 0 Å². The number of piperazine rings is 1. The van der Waals surface area contributed by atoms with E-state index in [0.29, 0.717) is 6.04 Å². The molecule has 0 amide bonds. The van der Waals surface area contributed by atoms with Crippen LogP contribution in [0.25, 0.3) is 0 Å². The molecule has 1 saturated carbocycles. The zero-order valence-electron chi connectivity index (χ0n) is 13.0. The van der Waals surface area contributed by atoms with Gasteiger partial charge < -0.3 is 10.1 Å². The van der Waals surface area contributed by atoms with Gasteiger partial charge in [0.05, 0.1) is 0 Å². The molecule has 2 aliphatic rings. The highest BCUT2D eigenvalue weighted by molar-refractivity contribution is 4.95. The van der Waals surface area contributed by atoms with Crippen molar-refractivity contribution in [2.24, 2.45) is 11.8 Å². The van der Waals surface area contributed by atoms with Crippen molar-refractivity contribution in [3.05, 3.63) is 0 Å². The Labute approximate surface area is 119 Å². The molecule has 3 nitrogen and oxygen atoms in total. The molecule has 2 atom stereocenters. The summed E-state index contributed by atoms with van der Waals surface area (Å²) in [4.78, 5) is 2.75. The average Bonchev–Trinajstić information content (AvgIpc) is 3.18. The second-order valence-corrected chi connectivity index (χ2v) is 6.68. The third-order valence-corrected chi connectivity index (χ3v) is 4.40. The molecule has 112 valence electrons. The molecule has 0 radical (unpaired) electrons. The molecule has 0 aromatic heterocycles. The van der Waals surface area contributed by atoms with Crippen LogP contribution in [0.15, 0.2) is 0 Å². The first-order valence-corrected chi connectivity index (χ1v) is 8.25. The molecule has 1 aliphatic heterocycles. The predicted molar refractivity (Wildman–Crippen MR) is 80.4 cm³/mol. The van der Waals surface area contributed by atoms with Crippen molar-refractivity contribution >= 4 is 0 Å². The lowest BCUT2D eigenvalue weighted by atomic mass is 9.98. The van der Waals surface area contributed by atoms with Gasteiger partial charge in [-0.3, -0.25) is 4.90 Å². The van der Waals surface area contributed by atoms with E-state index in [2.05, 4.69) is 31.0 Å². The SMILES string of the molecule is CCOCCCN1CC(CC(C)C)NCC1C1CC1. The first-order chi connectivity index (χ1) is 9.20. The Kier molecular flexibility index (Phi) is 6.11. The van der Waals surface area contributed by atoms with Crippen LogP contribution in [0, 0.1) is 11.8 Å². The van der Waals surface area contributed by atoms with Crippen LogP contribution >= 0.6 is 0 Å². The average molecular weight is 268 g/mol. The Morgan fingerprint density at radius 3 is 2.74 bits per heavy atom. The summed E-state index contributed by atoms with van der Waals surface area (Å²) in [7, 11) is 0. The number of nitrogens with one attached hydrogen (secondary N) is 1. The molecule has 0 aromatic carbocycles. The Hall–Kier alpha value is -0.120. The van der Waals surface area contributed by atoms with Crippen LogP contribution in [0.5, 0.6) is 0 Å². The quantitative estimate of drug-likeness (QED) is 0.685. The van der Waals surface area contributed by atoms with Crippen molar-refractivity contribution < 1.29 is 4.74 Å². The lowest BCUT2D eigenvalue weighted by Gasteiger charge is -2.41. The molecule has 0 aromatic rings. The molecule has 0 bridgehead atoms. The molecule has 3 heteroatoms. The highest BCUT2D eigenvalue weighted by Gasteiger charge is 2.38. The second kappa shape index (κ2) is 7.61. The molecular formula is C16H32N2O. The summed E-state index contributed by atoms with van der Waals surface area (Å²) in [5.41, 5.74) is 0. The third kappa shape index (κ3) is 5.05. The summed E-state index contributed by atoms with van der Waals surface area (Å²) < 4.78 is 5.49. The van der Waals surface area contributed by atoms with E-state index < -0.39 is 0 Å². The lowest BCUT2D eigenvalue weighted by molar-refractivity contribution is 0.0843. The van der Waals surface area contributed by atoms with E-state index in [1.54, 1.807) is 0 Å². The molecule has 2 rings (SSSR count). The number of hydrogen-bond donors (Lipinski definition) is 1. The summed E-state index contributed by atoms with van der Waals surface area (Å²) in [5, 5.41) is 3.78. The topological polar surface area (TPSA) is 24.5 Å². The lowest BCUT2D eigenvalue weighted by Crippen LogP contribution is -2.57. The zero-order chi connectivity index (χ0) is 13.7. The summed E-state index contributed by atoms with van der Waals surface area (Å²) in [5.74, 6) is 1.76. The predicted octanol–water partition coefficient (Wildman–Crippen LogP) is 2.51. The summed E-state index contributed by atoms with van der Waals surface area (Å²) in [6.07, 6.45) is 5.39. The molecule has 1 N–H and O–H groups in total. The van der Waals surface area contributed by atoms with Crippen LogP contribution < -0.4 is 5.32 Å². The van der Waals surface area contributed by atoms with Crippen molar-refractivity contribution in [3.63, 3.8) is 0 Å². The minimum absolute atomic E-state index is 0.696. The molecule has 1 saturated heterocycles. The van der Waals surface area contributed by atoms with Crippen LogP contribution in [-0.4, -0.2) is 49.8 Å². The molecular weight excluding hydrogens is 236 g/mol. The number of ether oxygens (including phenoxy) is 1. The maximum atomic E-state index is 5.49. The van der Waals surface area contributed by atoms with Gasteiger partial charge in [-0.15, -0.1) is 0 Å². The highest BCUT2D eigenvalue weighted by Crippen LogP contribution is 2.36. The van der Waals surface area contributed by atoms with Crippen LogP contribution in [0.4, 0.5) is 0 Å². The van der Waals surface area contributed by atoms with Gasteiger partial charge in [-0.1, -0.05) is 13.8 Å². The van der Waals surface area contributed by atoms with E-state index in [1.807, 2.05) is 0 Å². The minimum Gasteiger partial charge on any atom is -0.382 e. The number of nitrogens with zero attached hydrogens (tertiary/aromatic N) is 1. The van der Waals surface area contributed by atoms with Gasteiger partial charge in [-0.25, -0.2) is 0 Å². The zero-order valence-corrected chi connectivity index (χ0v) is 13.0. The van der Waals surface area contributed by atoms with E-state index >= 15 is 0 Å². The van der Waals surface area contributed by atoms with Crippen molar-refractivity contribution in [2.45, 2.75) is 58.5 Å². The van der Waals surface area contributed by atoms with Crippen molar-refractivity contribution in [1.82, 2.24) is 10.2 Å². The van der Waals surface area contributed by atoms with E-state index in [-0.39, 0.29) is 0 Å². The van der Waals surface area contributed by atoms with Gasteiger partial charge in [0.1, 0.15) is 0 Å². The maximum Gasteiger partial charge on any atom is 0.0478 e. The van der Waals surface area contributed by atoms with Crippen LogP contribution in [0.3, 0.4) is 0 Å². The second-order valence-electron chi connectivity index (χ2n) is 6.68. The first-order valence-electron chi connectivity index (χ1n) is 8.25. The number of hydrogen-bond acceptors (Lipinski definition) is 3. The number of rotatable bonds is 8. The molecule has 1 heterocycles. The fraction of sp³-hybridized carbons (Fsp3) is 1.00. The van der Waals surface area contributed by atoms with E-state index in [1.165, 1.54) is 45.3 Å². The fourth-order valence-corrected chi connectivity index (χ4v) is 3.34. The van der Waals surface area contributed by atoms with Gasteiger partial charge in [-0.05, 0) is 44.4 Å². The Balaban J connectivity index is 1.78. The summed E-state index contributed by atoms with van der Waals surface area (Å²) in [6.45, 7) is 12.2. The van der Waals surface area contributed by atoms with Gasteiger partial charge in [0.25, 0.3) is 0 Å². The summed E-state index contributed by atoms with van der Waals surface area (Å²) >= 11 is 0. The molecule has 2 unspecified atom stereocenters. The Morgan fingerprint density at radius 2 is 2.11 bits per heavy atom. The van der Waals surface area contributed by atoms with E-state index in [4.69, 9.17) is 4.74 Å². The van der Waals surface area contributed by atoms with Gasteiger partial charge in [0.2, 0.25) is 0 Å². The summed E-state index contributed by atoms with van der Waals surface area (Å²) in [6, 6.07) is 1.49. The van der Waals surface area contributed by atoms with Crippen molar-refractivity contribution in [3.8, 4) is 0 Å². The molecule has 1 aliphatic carbocycles. The molecule has 19 heavy (non-hydrogen) atoms. The van der Waals surface area contributed by atoms with Crippen molar-refractivity contribution in [2.75, 3.05) is 32.8 Å². The monoisotopic (exact) mass is 268 g/mol. The van der Waals surface area contributed by atoms with Crippen LogP contribution in [-0.2, 0) is 4.74 Å². The van der Waals surface area contributed by atoms with Gasteiger partial charge in [-0.2, -0.15) is 0 Å². The van der Waals surface area contributed by atoms with Gasteiger partial charge in [0.15, 0.2) is 0 Å². The van der Waals surface area contributed by atoms with Crippen molar-refractivity contribution in [1.29, 1.82) is 0 Å². The van der Waals surface area contributed by atoms with E-state index in [0.717, 1.165) is 31.1 Å². The normalized spacial score (nSPS) is 29.1. The fourth-order valence-electron chi connectivity index (χ4n) is 3.34. The van der Waals surface area contributed by atoms with Gasteiger partial charge in [0, 0.05) is 44.9 Å². The molecule has 0 spiro atoms. The van der Waals surface area contributed by atoms with Crippen LogP contribution in [0.2, 0.25) is 0 Å². The maximum absolute atomic E-state index is 5.49. The highest BCUT2D eigenvalue weighted by atomic mass is 16.5. The Morgan fingerprint density at radius 1 is 1.32 bits per heavy atom.